The maximum atomic E-state index is 11.9. The quantitative estimate of drug-likeness (QED) is 0.352. The molecule has 1 aliphatic carbocycles. The van der Waals surface area contributed by atoms with E-state index >= 15 is 0 Å². The average molecular weight is 358 g/mol. The second-order valence-electron chi connectivity index (χ2n) is 7.22. The molecule has 0 aliphatic heterocycles. The number of carboxylic acid groups (broad SMARTS) is 1. The number of hydrogen-bond acceptors (Lipinski definition) is 2. The Morgan fingerprint density at radius 3 is 2.54 bits per heavy atom. The molecule has 0 aromatic carbocycles. The summed E-state index contributed by atoms with van der Waals surface area (Å²) in [5.41, 5.74) is -0.452. The standard InChI is InChI=1S/C23H34O3/c1-3-4-5-6-7-8-9-10-11-12-13-14-15-18-23(2)19-16-17-20(24)21(23)22(25)26/h3,5-6,8-9,16-17,24H,1,4,7,10-15,18-19H2,2H3,(H,25,26)/p-1/b6-5-,9-8-. The predicted octanol–water partition coefficient (Wildman–Crippen LogP) is 5.46. The Kier molecular flexibility index (Phi) is 10.5. The summed E-state index contributed by atoms with van der Waals surface area (Å²) < 4.78 is 0. The van der Waals surface area contributed by atoms with Crippen LogP contribution >= 0.6 is 0 Å². The van der Waals surface area contributed by atoms with Gasteiger partial charge >= 0.3 is 5.97 Å². The molecule has 1 aliphatic rings. The predicted molar refractivity (Wildman–Crippen MR) is 107 cm³/mol. The summed E-state index contributed by atoms with van der Waals surface area (Å²) in [5, 5.41) is 21.2. The lowest BCUT2D eigenvalue weighted by Gasteiger charge is -2.35. The van der Waals surface area contributed by atoms with Crippen LogP contribution in [0.15, 0.2) is 60.4 Å². The Balaban J connectivity index is 2.15. The van der Waals surface area contributed by atoms with Crippen molar-refractivity contribution in [2.24, 2.45) is 5.41 Å². The first-order valence-electron chi connectivity index (χ1n) is 9.74. The molecule has 1 N–H and O–H groups in total. The average Bonchev–Trinajstić information content (AvgIpc) is 2.58. The molecule has 26 heavy (non-hydrogen) atoms. The summed E-state index contributed by atoms with van der Waals surface area (Å²) in [5.74, 6) is -1.40. The Hall–Kier alpha value is -2.03. The molecule has 0 saturated heterocycles. The molecule has 0 bridgehead atoms. The zero-order chi connectivity index (χ0) is 19.3. The van der Waals surface area contributed by atoms with Gasteiger partial charge in [0.05, 0.1) is 0 Å². The van der Waals surface area contributed by atoms with Crippen LogP contribution in [0.1, 0.15) is 71.1 Å². The molecular weight excluding hydrogens is 324 g/mol. The van der Waals surface area contributed by atoms with E-state index in [1.165, 1.54) is 18.9 Å². The maximum Gasteiger partial charge on any atom is 0.331 e. The fourth-order valence-electron chi connectivity index (χ4n) is 3.39. The van der Waals surface area contributed by atoms with E-state index in [2.05, 4.69) is 30.9 Å². The van der Waals surface area contributed by atoms with Crippen molar-refractivity contribution in [3.05, 3.63) is 60.4 Å². The van der Waals surface area contributed by atoms with Crippen LogP contribution in [-0.2, 0) is 4.79 Å². The molecule has 0 heterocycles. The number of unbranched alkanes of at least 4 members (excludes halogenated alkanes) is 5. The number of rotatable bonds is 13. The summed E-state index contributed by atoms with van der Waals surface area (Å²) >= 11 is 0. The van der Waals surface area contributed by atoms with E-state index in [0.29, 0.717) is 6.42 Å². The van der Waals surface area contributed by atoms with E-state index in [-0.39, 0.29) is 11.3 Å². The maximum absolute atomic E-state index is 11.9. The lowest BCUT2D eigenvalue weighted by Crippen LogP contribution is -2.30. The Bertz CT molecular complexity index is 566. The third-order valence-corrected chi connectivity index (χ3v) is 4.91. The van der Waals surface area contributed by atoms with E-state index in [9.17, 15) is 15.0 Å². The molecule has 0 fully saturated rings. The molecule has 1 atom stereocenters. The van der Waals surface area contributed by atoms with Crippen molar-refractivity contribution in [1.82, 2.24) is 0 Å². The van der Waals surface area contributed by atoms with Crippen LogP contribution < -0.4 is 5.11 Å². The molecule has 0 aromatic rings. The van der Waals surface area contributed by atoms with Crippen LogP contribution in [0.25, 0.3) is 0 Å². The lowest BCUT2D eigenvalue weighted by molar-refractivity contribution is -0.298. The van der Waals surface area contributed by atoms with Gasteiger partial charge in [-0.15, -0.1) is 6.58 Å². The van der Waals surface area contributed by atoms with Crippen molar-refractivity contribution in [3.63, 3.8) is 0 Å². The number of carboxylic acids is 1. The van der Waals surface area contributed by atoms with Crippen molar-refractivity contribution < 1.29 is 15.0 Å². The smallest absolute Gasteiger partial charge is 0.331 e. The van der Waals surface area contributed by atoms with Gasteiger partial charge in [0.25, 0.3) is 0 Å². The highest BCUT2D eigenvalue weighted by molar-refractivity contribution is 5.89. The molecule has 1 rings (SSSR count). The van der Waals surface area contributed by atoms with Crippen molar-refractivity contribution >= 4 is 5.97 Å². The minimum atomic E-state index is -1.06. The van der Waals surface area contributed by atoms with Gasteiger partial charge in [-0.1, -0.05) is 80.9 Å². The van der Waals surface area contributed by atoms with E-state index in [1.54, 1.807) is 0 Å². The third-order valence-electron chi connectivity index (χ3n) is 4.91. The Morgan fingerprint density at radius 1 is 1.15 bits per heavy atom. The monoisotopic (exact) mass is 357 g/mol. The summed E-state index contributed by atoms with van der Waals surface area (Å²) in [4.78, 5) is 11.4. The number of hydrogen-bond donors (Lipinski definition) is 1. The van der Waals surface area contributed by atoms with Gasteiger partial charge in [-0.05, 0) is 38.5 Å². The third kappa shape index (κ3) is 7.90. The molecule has 3 heteroatoms. The SMILES string of the molecule is C=CC/C=C\C/C=C\CCCCCCCC1(C)CC=CC([O-])=C1C(=O)O. The van der Waals surface area contributed by atoms with E-state index in [0.717, 1.165) is 44.9 Å². The van der Waals surface area contributed by atoms with Gasteiger partial charge in [0, 0.05) is 11.0 Å². The van der Waals surface area contributed by atoms with Crippen LogP contribution in [0.2, 0.25) is 0 Å². The molecule has 0 aromatic heterocycles. The van der Waals surface area contributed by atoms with Gasteiger partial charge in [-0.3, -0.25) is 0 Å². The molecule has 144 valence electrons. The van der Waals surface area contributed by atoms with Gasteiger partial charge in [-0.25, -0.2) is 4.79 Å². The molecule has 0 radical (unpaired) electrons. The molecule has 0 amide bonds. The van der Waals surface area contributed by atoms with Crippen LogP contribution in [0.4, 0.5) is 0 Å². The van der Waals surface area contributed by atoms with Crippen LogP contribution in [0.5, 0.6) is 0 Å². The zero-order valence-corrected chi connectivity index (χ0v) is 16.1. The van der Waals surface area contributed by atoms with Crippen LogP contribution in [-0.4, -0.2) is 11.1 Å². The van der Waals surface area contributed by atoms with Gasteiger partial charge in [0.15, 0.2) is 0 Å². The molecule has 3 nitrogen and oxygen atoms in total. The van der Waals surface area contributed by atoms with Crippen molar-refractivity contribution in [3.8, 4) is 0 Å². The fraction of sp³-hybridized carbons (Fsp3) is 0.522. The highest BCUT2D eigenvalue weighted by Gasteiger charge is 2.33. The summed E-state index contributed by atoms with van der Waals surface area (Å²) in [6, 6.07) is 0. The molecule has 1 unspecified atom stereocenters. The summed E-state index contributed by atoms with van der Waals surface area (Å²) in [6.07, 6.45) is 23.9. The van der Waals surface area contributed by atoms with Crippen molar-refractivity contribution in [1.29, 1.82) is 0 Å². The van der Waals surface area contributed by atoms with Gasteiger partial charge in [-0.2, -0.15) is 0 Å². The summed E-state index contributed by atoms with van der Waals surface area (Å²) in [7, 11) is 0. The second kappa shape index (κ2) is 12.3. The largest absolute Gasteiger partial charge is 0.872 e. The number of aliphatic carboxylic acids is 1. The molecular formula is C23H33O3-. The fourth-order valence-corrected chi connectivity index (χ4v) is 3.39. The van der Waals surface area contributed by atoms with E-state index in [1.807, 2.05) is 19.1 Å². The number of carbonyl (C=O) groups is 1. The van der Waals surface area contributed by atoms with Gasteiger partial charge < -0.3 is 10.2 Å². The highest BCUT2D eigenvalue weighted by atomic mass is 16.4. The minimum Gasteiger partial charge on any atom is -0.872 e. The Labute approximate surface area is 158 Å². The molecule has 0 saturated carbocycles. The topological polar surface area (TPSA) is 60.4 Å². The van der Waals surface area contributed by atoms with Gasteiger partial charge in [0.1, 0.15) is 0 Å². The first kappa shape index (κ1) is 22.0. The summed E-state index contributed by atoms with van der Waals surface area (Å²) in [6.45, 7) is 5.59. The molecule has 0 spiro atoms. The van der Waals surface area contributed by atoms with Crippen molar-refractivity contribution in [2.45, 2.75) is 71.1 Å². The van der Waals surface area contributed by atoms with E-state index in [4.69, 9.17) is 0 Å². The normalized spacial score (nSPS) is 20.3. The second-order valence-corrected chi connectivity index (χ2v) is 7.22. The van der Waals surface area contributed by atoms with Crippen LogP contribution in [0.3, 0.4) is 0 Å². The van der Waals surface area contributed by atoms with Gasteiger partial charge in [0.2, 0.25) is 0 Å². The zero-order valence-electron chi connectivity index (χ0n) is 16.1. The first-order valence-corrected chi connectivity index (χ1v) is 9.74. The lowest BCUT2D eigenvalue weighted by atomic mass is 9.72. The minimum absolute atomic E-state index is 0.0623. The number of allylic oxidation sites excluding steroid dienone is 7. The van der Waals surface area contributed by atoms with E-state index < -0.39 is 11.4 Å². The Morgan fingerprint density at radius 2 is 1.81 bits per heavy atom. The van der Waals surface area contributed by atoms with Crippen molar-refractivity contribution in [2.75, 3.05) is 0 Å². The highest BCUT2D eigenvalue weighted by Crippen LogP contribution is 2.40. The first-order chi connectivity index (χ1) is 12.5. The van der Waals surface area contributed by atoms with Crippen LogP contribution in [0, 0.1) is 5.41 Å².